The van der Waals surface area contributed by atoms with Crippen molar-refractivity contribution in [3.05, 3.63) is 42.4 Å². The van der Waals surface area contributed by atoms with E-state index in [2.05, 4.69) is 52.0 Å². The molecule has 1 N–H and O–H groups in total. The summed E-state index contributed by atoms with van der Waals surface area (Å²) < 4.78 is 17.2. The van der Waals surface area contributed by atoms with Gasteiger partial charge in [0.1, 0.15) is 0 Å². The zero-order valence-electron chi connectivity index (χ0n) is 17.3. The highest BCUT2D eigenvalue weighted by Crippen LogP contribution is 2.59. The summed E-state index contributed by atoms with van der Waals surface area (Å²) in [5, 5.41) is 11.6. The summed E-state index contributed by atoms with van der Waals surface area (Å²) in [6.07, 6.45) is 8.40. The van der Waals surface area contributed by atoms with Crippen LogP contribution in [-0.2, 0) is 11.0 Å². The molecule has 156 valence electrons. The third-order valence-electron chi connectivity index (χ3n) is 7.77. The van der Waals surface area contributed by atoms with Gasteiger partial charge in [0.15, 0.2) is 0 Å². The quantitative estimate of drug-likeness (QED) is 0.812. The molecule has 3 heterocycles. The van der Waals surface area contributed by atoms with Crippen molar-refractivity contribution in [2.24, 2.45) is 11.3 Å². The van der Waals surface area contributed by atoms with Crippen molar-refractivity contribution in [3.8, 4) is 11.3 Å². The minimum absolute atomic E-state index is 0.00241. The number of benzene rings is 1. The molecule has 5 rings (SSSR count). The molecule has 29 heavy (non-hydrogen) atoms. The topological polar surface area (TPSA) is 58.4 Å². The van der Waals surface area contributed by atoms with Crippen LogP contribution in [0.3, 0.4) is 0 Å². The number of rotatable bonds is 5. The Morgan fingerprint density at radius 1 is 1.24 bits per heavy atom. The maximum atomic E-state index is 12.8. The van der Waals surface area contributed by atoms with Gasteiger partial charge >= 0.3 is 0 Å². The molecule has 2 aromatic rings. The molecule has 1 saturated carbocycles. The van der Waals surface area contributed by atoms with Crippen molar-refractivity contribution in [3.63, 3.8) is 0 Å². The Morgan fingerprint density at radius 2 is 1.97 bits per heavy atom. The molecule has 0 radical (unpaired) electrons. The van der Waals surface area contributed by atoms with E-state index in [0.29, 0.717) is 0 Å². The molecule has 6 heteroatoms. The van der Waals surface area contributed by atoms with Gasteiger partial charge in [-0.3, -0.25) is 0 Å². The molecule has 2 aliphatic heterocycles. The summed E-state index contributed by atoms with van der Waals surface area (Å²) in [5.74, 6) is 0.225. The minimum atomic E-state index is -0.892. The Hall–Kier alpha value is -1.50. The summed E-state index contributed by atoms with van der Waals surface area (Å²) in [4.78, 5) is 4.37. The van der Waals surface area contributed by atoms with Crippen molar-refractivity contribution in [2.75, 3.05) is 13.1 Å². The molecule has 2 fully saturated rings. The Balaban J connectivity index is 1.31. The van der Waals surface area contributed by atoms with E-state index in [9.17, 15) is 9.32 Å². The summed E-state index contributed by atoms with van der Waals surface area (Å²) in [7, 11) is -0.892. The number of hydrogen-bond acceptors (Lipinski definition) is 3. The second-order valence-corrected chi connectivity index (χ2v) is 10.8. The molecular weight excluding hydrogens is 382 g/mol. The fourth-order valence-electron chi connectivity index (χ4n) is 5.99. The minimum Gasteiger partial charge on any atom is -0.392 e. The van der Waals surface area contributed by atoms with E-state index < -0.39 is 11.0 Å². The Kier molecular flexibility index (Phi) is 4.92. The smallest absolute Gasteiger partial charge is 0.0974 e. The van der Waals surface area contributed by atoms with Gasteiger partial charge in [0.2, 0.25) is 0 Å². The van der Waals surface area contributed by atoms with Crippen molar-refractivity contribution in [1.29, 1.82) is 0 Å². The van der Waals surface area contributed by atoms with Gasteiger partial charge in [0, 0.05) is 29.8 Å². The first-order valence-corrected chi connectivity index (χ1v) is 12.2. The van der Waals surface area contributed by atoms with Gasteiger partial charge in [0.25, 0.3) is 0 Å². The second kappa shape index (κ2) is 7.33. The number of aromatic nitrogens is 2. The molecule has 5 nitrogen and oxygen atoms in total. The highest BCUT2D eigenvalue weighted by molar-refractivity contribution is 7.83. The first-order valence-electron chi connectivity index (χ1n) is 11.0. The van der Waals surface area contributed by atoms with Crippen molar-refractivity contribution in [2.45, 2.75) is 63.3 Å². The molecule has 4 atom stereocenters. The van der Waals surface area contributed by atoms with Gasteiger partial charge in [-0.05, 0) is 43.1 Å². The van der Waals surface area contributed by atoms with Crippen LogP contribution in [0.1, 0.15) is 57.6 Å². The summed E-state index contributed by atoms with van der Waals surface area (Å²) in [5.41, 5.74) is 3.72. The fourth-order valence-corrected chi connectivity index (χ4v) is 7.52. The van der Waals surface area contributed by atoms with Crippen LogP contribution in [0.15, 0.2) is 36.8 Å². The summed E-state index contributed by atoms with van der Waals surface area (Å²) in [6.45, 7) is 5.93. The average Bonchev–Trinajstić information content (AvgIpc) is 3.34. The van der Waals surface area contributed by atoms with Crippen molar-refractivity contribution < 1.29 is 9.32 Å². The van der Waals surface area contributed by atoms with Crippen LogP contribution in [0.2, 0.25) is 0 Å². The van der Waals surface area contributed by atoms with Crippen molar-refractivity contribution in [1.82, 2.24) is 13.9 Å². The van der Waals surface area contributed by atoms with Gasteiger partial charge in [-0.2, -0.15) is 0 Å². The number of hydrogen-bond donors (Lipinski definition) is 1. The van der Waals surface area contributed by atoms with Crippen LogP contribution in [0, 0.1) is 11.3 Å². The van der Waals surface area contributed by atoms with Gasteiger partial charge in [-0.1, -0.05) is 38.1 Å². The van der Waals surface area contributed by atoms with Gasteiger partial charge in [-0.15, -0.1) is 0 Å². The van der Waals surface area contributed by atoms with E-state index >= 15 is 0 Å². The number of piperidine rings is 1. The Labute approximate surface area is 175 Å². The molecule has 1 aromatic carbocycles. The van der Waals surface area contributed by atoms with Crippen LogP contribution in [-0.4, -0.2) is 47.6 Å². The first kappa shape index (κ1) is 19.5. The lowest BCUT2D eigenvalue weighted by Gasteiger charge is -2.57. The lowest BCUT2D eigenvalue weighted by Crippen LogP contribution is -2.59. The van der Waals surface area contributed by atoms with E-state index in [4.69, 9.17) is 0 Å². The predicted octanol–water partition coefficient (Wildman–Crippen LogP) is 3.77. The van der Waals surface area contributed by atoms with Crippen LogP contribution in [0.25, 0.3) is 11.3 Å². The van der Waals surface area contributed by atoms with E-state index in [0.717, 1.165) is 50.9 Å². The van der Waals surface area contributed by atoms with Crippen molar-refractivity contribution >= 4 is 11.0 Å². The molecular formula is C23H31N3O2S. The van der Waals surface area contributed by atoms with Gasteiger partial charge in [0.05, 0.1) is 41.3 Å². The molecule has 0 amide bonds. The lowest BCUT2D eigenvalue weighted by atomic mass is 9.53. The highest BCUT2D eigenvalue weighted by Gasteiger charge is 2.58. The predicted molar refractivity (Wildman–Crippen MR) is 116 cm³/mol. The van der Waals surface area contributed by atoms with Crippen LogP contribution in [0.4, 0.5) is 0 Å². The zero-order chi connectivity index (χ0) is 20.2. The number of imidazole rings is 1. The summed E-state index contributed by atoms with van der Waals surface area (Å²) >= 11 is 0. The standard InChI is InChI=1S/C23H31N3O2S/c1-3-16(4-2)29(28)25-11-9-23(10-12-25)13-19(22(23)27)21-18-8-6-5-7-17(18)20-14-24-15-26(20)21/h5-8,14-16,19,21-22,27H,3-4,9-13H2,1-2H3. The number of nitrogens with zero attached hydrogens (tertiary/aromatic N) is 3. The maximum absolute atomic E-state index is 12.8. The molecule has 1 saturated heterocycles. The van der Waals surface area contributed by atoms with E-state index in [-0.39, 0.29) is 28.7 Å². The molecule has 1 aromatic heterocycles. The molecule has 0 bridgehead atoms. The van der Waals surface area contributed by atoms with Crippen LogP contribution in [0.5, 0.6) is 0 Å². The molecule has 1 spiro atoms. The number of aliphatic hydroxyl groups excluding tert-OH is 1. The Bertz CT molecular complexity index is 914. The number of fused-ring (bicyclic) bond motifs is 3. The third-order valence-corrected chi connectivity index (χ3v) is 9.88. The molecule has 3 aliphatic rings. The van der Waals surface area contributed by atoms with E-state index in [1.165, 1.54) is 11.1 Å². The third kappa shape index (κ3) is 2.87. The Morgan fingerprint density at radius 3 is 2.66 bits per heavy atom. The fraction of sp³-hybridized carbons (Fsp3) is 0.609. The molecule has 4 unspecified atom stereocenters. The average molecular weight is 414 g/mol. The number of aliphatic hydroxyl groups is 1. The maximum Gasteiger partial charge on any atom is 0.0974 e. The van der Waals surface area contributed by atoms with Crippen LogP contribution >= 0.6 is 0 Å². The SMILES string of the molecule is CCC(CC)S(=O)N1CCC2(CC1)CC(C1c3ccccc3-c3cncn31)C2O. The van der Waals surface area contributed by atoms with Gasteiger partial charge < -0.3 is 9.67 Å². The molecule has 1 aliphatic carbocycles. The van der Waals surface area contributed by atoms with E-state index in [1.54, 1.807) is 0 Å². The zero-order valence-corrected chi connectivity index (χ0v) is 18.1. The largest absolute Gasteiger partial charge is 0.392 e. The highest BCUT2D eigenvalue weighted by atomic mass is 32.2. The van der Waals surface area contributed by atoms with Gasteiger partial charge in [-0.25, -0.2) is 13.5 Å². The summed E-state index contributed by atoms with van der Waals surface area (Å²) in [6, 6.07) is 8.72. The lowest BCUT2D eigenvalue weighted by molar-refractivity contribution is -0.152. The monoisotopic (exact) mass is 413 g/mol. The first-order chi connectivity index (χ1) is 14.1. The van der Waals surface area contributed by atoms with Crippen LogP contribution < -0.4 is 0 Å². The normalized spacial score (nSPS) is 28.9. The second-order valence-electron chi connectivity index (χ2n) is 9.04. The van der Waals surface area contributed by atoms with E-state index in [1.807, 2.05) is 12.5 Å².